The molecule has 194 valence electrons. The van der Waals surface area contributed by atoms with Crippen LogP contribution < -0.4 is 15.1 Å². The number of rotatable bonds is 1. The molecule has 0 saturated carbocycles. The maximum atomic E-state index is 13.4. The van der Waals surface area contributed by atoms with Crippen LogP contribution in [-0.2, 0) is 0 Å². The summed E-state index contributed by atoms with van der Waals surface area (Å²) in [6.45, 7) is 0. The van der Waals surface area contributed by atoms with E-state index in [4.69, 9.17) is 4.74 Å². The van der Waals surface area contributed by atoms with E-state index in [1.54, 1.807) is 11.3 Å². The van der Waals surface area contributed by atoms with Gasteiger partial charge in [0.15, 0.2) is 5.43 Å². The standard InChI is InChI=1S/C37H23NO2S/c39-37-29-15-5-10-20-35(29)41-36-23-24(21-22-30(36)37)38-31-16-6-1-11-25(31)27-13-3-8-18-33(27)40-34-19-9-4-14-28(34)26-12-2-7-17-32(26)38/h1-23H. The SMILES string of the molecule is O=c1c2ccccc2sc2cc(N3c4ccccc4-c4ccccc4Oc4ccccc4-c4ccccc43)ccc12. The maximum Gasteiger partial charge on any atom is 0.195 e. The smallest absolute Gasteiger partial charge is 0.195 e. The van der Waals surface area contributed by atoms with Gasteiger partial charge in [-0.05, 0) is 54.6 Å². The molecule has 41 heavy (non-hydrogen) atoms. The highest BCUT2D eigenvalue weighted by Crippen LogP contribution is 2.50. The number of fused-ring (bicyclic) bond motifs is 8. The van der Waals surface area contributed by atoms with Crippen LogP contribution in [-0.4, -0.2) is 0 Å². The number of nitrogens with zero attached hydrogens (tertiary/aromatic N) is 1. The van der Waals surface area contributed by atoms with E-state index in [0.29, 0.717) is 0 Å². The Hall–Kier alpha value is -5.19. The highest BCUT2D eigenvalue weighted by atomic mass is 32.1. The Morgan fingerprint density at radius 2 is 1.00 bits per heavy atom. The molecule has 0 unspecified atom stereocenters. The summed E-state index contributed by atoms with van der Waals surface area (Å²) >= 11 is 1.65. The average Bonchev–Trinajstić information content (AvgIpc) is 3.02. The van der Waals surface area contributed by atoms with Crippen molar-refractivity contribution >= 4 is 48.6 Å². The lowest BCUT2D eigenvalue weighted by atomic mass is 9.97. The molecule has 2 heterocycles. The number of ether oxygens (including phenoxy) is 1. The predicted molar refractivity (Wildman–Crippen MR) is 171 cm³/mol. The van der Waals surface area contributed by atoms with Gasteiger partial charge in [0, 0.05) is 48.1 Å². The molecule has 1 aromatic heterocycles. The Bertz CT molecular complexity index is 2090. The second-order valence-corrected chi connectivity index (χ2v) is 11.2. The summed E-state index contributed by atoms with van der Waals surface area (Å²) < 4.78 is 8.58. The third-order valence-corrected chi connectivity index (χ3v) is 8.82. The van der Waals surface area contributed by atoms with Crippen molar-refractivity contribution < 1.29 is 4.74 Å². The van der Waals surface area contributed by atoms with Gasteiger partial charge in [-0.3, -0.25) is 4.79 Å². The molecule has 3 nitrogen and oxygen atoms in total. The van der Waals surface area contributed by atoms with Gasteiger partial charge in [0.1, 0.15) is 11.5 Å². The van der Waals surface area contributed by atoms with Crippen LogP contribution in [0.4, 0.5) is 17.1 Å². The van der Waals surface area contributed by atoms with E-state index in [2.05, 4.69) is 77.7 Å². The van der Waals surface area contributed by atoms with Crippen molar-refractivity contribution in [1.82, 2.24) is 0 Å². The first-order chi connectivity index (χ1) is 20.3. The van der Waals surface area contributed by atoms with Crippen molar-refractivity contribution in [3.63, 3.8) is 0 Å². The van der Waals surface area contributed by atoms with Crippen molar-refractivity contribution in [2.45, 2.75) is 0 Å². The van der Waals surface area contributed by atoms with Crippen LogP contribution in [0.5, 0.6) is 11.5 Å². The normalized spacial score (nSPS) is 12.1. The molecule has 0 fully saturated rings. The third-order valence-electron chi connectivity index (χ3n) is 7.68. The minimum atomic E-state index is 0.0719. The minimum Gasteiger partial charge on any atom is -0.456 e. The quantitative estimate of drug-likeness (QED) is 0.192. The molecule has 4 heteroatoms. The molecule has 0 spiro atoms. The predicted octanol–water partition coefficient (Wildman–Crippen LogP) is 10.3. The van der Waals surface area contributed by atoms with E-state index in [1.807, 2.05) is 66.7 Å². The molecular weight excluding hydrogens is 522 g/mol. The van der Waals surface area contributed by atoms with E-state index >= 15 is 0 Å². The lowest BCUT2D eigenvalue weighted by Crippen LogP contribution is -2.13. The molecule has 0 radical (unpaired) electrons. The van der Waals surface area contributed by atoms with E-state index in [9.17, 15) is 4.79 Å². The van der Waals surface area contributed by atoms with Gasteiger partial charge >= 0.3 is 0 Å². The molecule has 1 aliphatic heterocycles. The monoisotopic (exact) mass is 545 g/mol. The highest BCUT2D eigenvalue weighted by Gasteiger charge is 2.24. The maximum absolute atomic E-state index is 13.4. The van der Waals surface area contributed by atoms with Crippen LogP contribution in [0.3, 0.4) is 0 Å². The first-order valence-corrected chi connectivity index (χ1v) is 14.4. The van der Waals surface area contributed by atoms with Crippen molar-refractivity contribution in [3.8, 4) is 33.8 Å². The van der Waals surface area contributed by atoms with Gasteiger partial charge in [0.05, 0.1) is 11.4 Å². The first kappa shape index (κ1) is 23.7. The summed E-state index contributed by atoms with van der Waals surface area (Å²) in [6, 6.07) is 47.3. The summed E-state index contributed by atoms with van der Waals surface area (Å²) in [5, 5.41) is 1.50. The molecule has 1 aliphatic rings. The van der Waals surface area contributed by atoms with Crippen LogP contribution in [0.25, 0.3) is 42.4 Å². The lowest BCUT2D eigenvalue weighted by Gasteiger charge is -2.31. The Morgan fingerprint density at radius 1 is 0.488 bits per heavy atom. The molecule has 8 rings (SSSR count). The van der Waals surface area contributed by atoms with E-state index in [1.165, 1.54) is 0 Å². The summed E-state index contributed by atoms with van der Waals surface area (Å²) in [6.07, 6.45) is 0. The van der Waals surface area contributed by atoms with E-state index < -0.39 is 0 Å². The Morgan fingerprint density at radius 3 is 1.66 bits per heavy atom. The molecule has 0 bridgehead atoms. The number of para-hydroxylation sites is 4. The topological polar surface area (TPSA) is 29.5 Å². The highest BCUT2D eigenvalue weighted by molar-refractivity contribution is 7.24. The zero-order valence-electron chi connectivity index (χ0n) is 22.0. The van der Waals surface area contributed by atoms with Crippen LogP contribution >= 0.6 is 11.3 Å². The van der Waals surface area contributed by atoms with Gasteiger partial charge in [-0.2, -0.15) is 0 Å². The van der Waals surface area contributed by atoms with Gasteiger partial charge in [-0.15, -0.1) is 11.3 Å². The largest absolute Gasteiger partial charge is 0.456 e. The Kier molecular flexibility index (Phi) is 5.47. The van der Waals surface area contributed by atoms with Gasteiger partial charge in [0.25, 0.3) is 0 Å². The summed E-state index contributed by atoms with van der Waals surface area (Å²) in [5.41, 5.74) is 7.26. The summed E-state index contributed by atoms with van der Waals surface area (Å²) in [5.74, 6) is 1.60. The van der Waals surface area contributed by atoms with Crippen molar-refractivity contribution in [3.05, 3.63) is 150 Å². The molecule has 7 aromatic rings. The minimum absolute atomic E-state index is 0.0719. The Labute approximate surface area is 241 Å². The Balaban J connectivity index is 1.48. The van der Waals surface area contributed by atoms with Crippen LogP contribution in [0.15, 0.2) is 144 Å². The number of anilines is 3. The lowest BCUT2D eigenvalue weighted by molar-refractivity contribution is 0.486. The van der Waals surface area contributed by atoms with Crippen LogP contribution in [0.2, 0.25) is 0 Å². The van der Waals surface area contributed by atoms with Gasteiger partial charge < -0.3 is 9.64 Å². The van der Waals surface area contributed by atoms with Gasteiger partial charge in [-0.25, -0.2) is 0 Å². The average molecular weight is 546 g/mol. The van der Waals surface area contributed by atoms with Gasteiger partial charge in [0.2, 0.25) is 0 Å². The number of benzene rings is 6. The molecule has 6 aromatic carbocycles. The zero-order valence-corrected chi connectivity index (χ0v) is 22.8. The van der Waals surface area contributed by atoms with E-state index in [-0.39, 0.29) is 5.43 Å². The fourth-order valence-corrected chi connectivity index (χ4v) is 6.91. The molecule has 0 saturated heterocycles. The first-order valence-electron chi connectivity index (χ1n) is 13.6. The molecule has 0 atom stereocenters. The van der Waals surface area contributed by atoms with Gasteiger partial charge in [-0.1, -0.05) is 84.9 Å². The number of hydrogen-bond acceptors (Lipinski definition) is 4. The molecule has 0 N–H and O–H groups in total. The second kappa shape index (κ2) is 9.47. The van der Waals surface area contributed by atoms with Crippen molar-refractivity contribution in [1.29, 1.82) is 0 Å². The third kappa shape index (κ3) is 3.84. The molecule has 0 amide bonds. The fraction of sp³-hybridized carbons (Fsp3) is 0. The fourth-order valence-electron chi connectivity index (χ4n) is 5.80. The van der Waals surface area contributed by atoms with Crippen molar-refractivity contribution in [2.75, 3.05) is 4.90 Å². The molecule has 0 aliphatic carbocycles. The zero-order chi connectivity index (χ0) is 27.3. The molecular formula is C37H23NO2S. The van der Waals surface area contributed by atoms with Crippen molar-refractivity contribution in [2.24, 2.45) is 0 Å². The van der Waals surface area contributed by atoms with Crippen LogP contribution in [0, 0.1) is 0 Å². The number of hydrogen-bond donors (Lipinski definition) is 0. The van der Waals surface area contributed by atoms with Crippen LogP contribution in [0.1, 0.15) is 0 Å². The summed E-state index contributed by atoms with van der Waals surface area (Å²) in [4.78, 5) is 15.7. The summed E-state index contributed by atoms with van der Waals surface area (Å²) in [7, 11) is 0. The van der Waals surface area contributed by atoms with E-state index in [0.717, 1.165) is 71.0 Å². The second-order valence-electron chi connectivity index (χ2n) is 10.1.